The van der Waals surface area contributed by atoms with Crippen molar-refractivity contribution in [2.75, 3.05) is 0 Å². The van der Waals surface area contributed by atoms with Gasteiger partial charge in [0.05, 0.1) is 0 Å². The standard InChI is InChI=1S/C17H20O2/c1-2-3-4-15-12-14(7-10-17(15)19)11-13-5-8-16(18)9-6-13/h5-10,12,18-19H,2-4,11H2,1H3. The third kappa shape index (κ3) is 3.75. The van der Waals surface area contributed by atoms with Crippen LogP contribution in [0.1, 0.15) is 36.5 Å². The van der Waals surface area contributed by atoms with Crippen LogP contribution in [0.2, 0.25) is 0 Å². The molecule has 0 saturated heterocycles. The van der Waals surface area contributed by atoms with Crippen LogP contribution in [-0.2, 0) is 12.8 Å². The minimum absolute atomic E-state index is 0.290. The molecule has 2 aromatic carbocycles. The van der Waals surface area contributed by atoms with Gasteiger partial charge >= 0.3 is 0 Å². The lowest BCUT2D eigenvalue weighted by Crippen LogP contribution is -1.92. The Morgan fingerprint density at radius 1 is 0.895 bits per heavy atom. The van der Waals surface area contributed by atoms with Gasteiger partial charge in [0.15, 0.2) is 0 Å². The number of aryl methyl sites for hydroxylation is 1. The fraction of sp³-hybridized carbons (Fsp3) is 0.294. The van der Waals surface area contributed by atoms with Gasteiger partial charge in [0.1, 0.15) is 11.5 Å². The van der Waals surface area contributed by atoms with Gasteiger partial charge in [-0.1, -0.05) is 37.6 Å². The molecule has 0 aliphatic heterocycles. The second-order valence-electron chi connectivity index (χ2n) is 4.91. The second kappa shape index (κ2) is 6.28. The van der Waals surface area contributed by atoms with Crippen LogP contribution in [0.5, 0.6) is 11.5 Å². The van der Waals surface area contributed by atoms with Gasteiger partial charge in [0, 0.05) is 0 Å². The summed E-state index contributed by atoms with van der Waals surface area (Å²) < 4.78 is 0. The monoisotopic (exact) mass is 256 g/mol. The molecule has 0 heterocycles. The Bertz CT molecular complexity index is 529. The molecular formula is C17H20O2. The van der Waals surface area contributed by atoms with Gasteiger partial charge in [0.2, 0.25) is 0 Å². The largest absolute Gasteiger partial charge is 0.508 e. The first-order valence-electron chi connectivity index (χ1n) is 6.77. The average molecular weight is 256 g/mol. The summed E-state index contributed by atoms with van der Waals surface area (Å²) in [6, 6.07) is 13.1. The van der Waals surface area contributed by atoms with Crippen LogP contribution < -0.4 is 0 Å². The van der Waals surface area contributed by atoms with Crippen molar-refractivity contribution in [3.63, 3.8) is 0 Å². The molecule has 0 saturated carbocycles. The quantitative estimate of drug-likeness (QED) is 0.848. The summed E-state index contributed by atoms with van der Waals surface area (Å²) in [4.78, 5) is 0. The average Bonchev–Trinajstić information content (AvgIpc) is 2.42. The first-order valence-corrected chi connectivity index (χ1v) is 6.77. The van der Waals surface area contributed by atoms with Crippen molar-refractivity contribution in [3.8, 4) is 11.5 Å². The molecule has 2 nitrogen and oxygen atoms in total. The first kappa shape index (κ1) is 13.5. The molecule has 0 aliphatic rings. The summed E-state index contributed by atoms with van der Waals surface area (Å²) in [6.07, 6.45) is 3.96. The maximum Gasteiger partial charge on any atom is 0.118 e. The maximum absolute atomic E-state index is 9.83. The van der Waals surface area contributed by atoms with Crippen LogP contribution in [0.15, 0.2) is 42.5 Å². The van der Waals surface area contributed by atoms with E-state index in [9.17, 15) is 10.2 Å². The fourth-order valence-corrected chi connectivity index (χ4v) is 2.17. The zero-order chi connectivity index (χ0) is 13.7. The van der Waals surface area contributed by atoms with Gasteiger partial charge in [-0.2, -0.15) is 0 Å². The molecule has 0 amide bonds. The Morgan fingerprint density at radius 3 is 2.26 bits per heavy atom. The van der Waals surface area contributed by atoms with Crippen molar-refractivity contribution in [2.24, 2.45) is 0 Å². The molecule has 0 bridgehead atoms. The third-order valence-corrected chi connectivity index (χ3v) is 3.29. The smallest absolute Gasteiger partial charge is 0.118 e. The van der Waals surface area contributed by atoms with Gasteiger partial charge in [-0.3, -0.25) is 0 Å². The van der Waals surface area contributed by atoms with Crippen LogP contribution >= 0.6 is 0 Å². The van der Waals surface area contributed by atoms with E-state index in [0.717, 1.165) is 36.8 Å². The third-order valence-electron chi connectivity index (χ3n) is 3.29. The van der Waals surface area contributed by atoms with E-state index in [1.165, 1.54) is 5.56 Å². The number of phenolic OH excluding ortho intramolecular Hbond substituents is 2. The fourth-order valence-electron chi connectivity index (χ4n) is 2.17. The van der Waals surface area contributed by atoms with Crippen LogP contribution in [-0.4, -0.2) is 10.2 Å². The molecule has 2 aromatic rings. The van der Waals surface area contributed by atoms with Gasteiger partial charge in [0.25, 0.3) is 0 Å². The van der Waals surface area contributed by atoms with Crippen molar-refractivity contribution in [1.82, 2.24) is 0 Å². The molecule has 2 N–H and O–H groups in total. The van der Waals surface area contributed by atoms with Crippen molar-refractivity contribution in [1.29, 1.82) is 0 Å². The predicted octanol–water partition coefficient (Wildman–Crippen LogP) is 4.03. The minimum Gasteiger partial charge on any atom is -0.508 e. The highest BCUT2D eigenvalue weighted by Gasteiger charge is 2.03. The number of hydrogen-bond acceptors (Lipinski definition) is 2. The number of aromatic hydroxyl groups is 2. The van der Waals surface area contributed by atoms with Crippen molar-refractivity contribution < 1.29 is 10.2 Å². The van der Waals surface area contributed by atoms with Crippen LogP contribution in [0.25, 0.3) is 0 Å². The van der Waals surface area contributed by atoms with E-state index < -0.39 is 0 Å². The van der Waals surface area contributed by atoms with Crippen molar-refractivity contribution >= 4 is 0 Å². The lowest BCUT2D eigenvalue weighted by atomic mass is 9.99. The van der Waals surface area contributed by atoms with Crippen LogP contribution in [0.4, 0.5) is 0 Å². The van der Waals surface area contributed by atoms with Crippen molar-refractivity contribution in [2.45, 2.75) is 32.6 Å². The highest BCUT2D eigenvalue weighted by molar-refractivity contribution is 5.39. The lowest BCUT2D eigenvalue weighted by molar-refractivity contribution is 0.466. The summed E-state index contributed by atoms with van der Waals surface area (Å²) in [5.41, 5.74) is 3.37. The molecule has 0 aliphatic carbocycles. The van der Waals surface area contributed by atoms with Gasteiger partial charge in [-0.15, -0.1) is 0 Å². The summed E-state index contributed by atoms with van der Waals surface area (Å²) >= 11 is 0. The summed E-state index contributed by atoms with van der Waals surface area (Å²) in [5.74, 6) is 0.681. The zero-order valence-electron chi connectivity index (χ0n) is 11.3. The van der Waals surface area contributed by atoms with E-state index in [1.54, 1.807) is 18.2 Å². The van der Waals surface area contributed by atoms with Gasteiger partial charge in [-0.25, -0.2) is 0 Å². The number of rotatable bonds is 5. The highest BCUT2D eigenvalue weighted by Crippen LogP contribution is 2.22. The maximum atomic E-state index is 9.83. The Hall–Kier alpha value is -1.96. The number of hydrogen-bond donors (Lipinski definition) is 2. The SMILES string of the molecule is CCCCc1cc(Cc2ccc(O)cc2)ccc1O. The van der Waals surface area contributed by atoms with E-state index in [-0.39, 0.29) is 5.75 Å². The highest BCUT2D eigenvalue weighted by atomic mass is 16.3. The molecule has 0 unspecified atom stereocenters. The molecule has 0 spiro atoms. The van der Waals surface area contributed by atoms with Crippen LogP contribution in [0, 0.1) is 0 Å². The van der Waals surface area contributed by atoms with E-state index >= 15 is 0 Å². The molecule has 0 aromatic heterocycles. The summed E-state index contributed by atoms with van der Waals surface area (Å²) in [7, 11) is 0. The summed E-state index contributed by atoms with van der Waals surface area (Å²) in [5, 5.41) is 19.1. The molecule has 19 heavy (non-hydrogen) atoms. The van der Waals surface area contributed by atoms with E-state index in [2.05, 4.69) is 13.0 Å². The van der Waals surface area contributed by atoms with E-state index in [0.29, 0.717) is 5.75 Å². The number of unbranched alkanes of at least 4 members (excludes halogenated alkanes) is 1. The number of benzene rings is 2. The topological polar surface area (TPSA) is 40.5 Å². The molecule has 2 rings (SSSR count). The van der Waals surface area contributed by atoms with Crippen molar-refractivity contribution in [3.05, 3.63) is 59.2 Å². The van der Waals surface area contributed by atoms with E-state index in [1.807, 2.05) is 18.2 Å². The Morgan fingerprint density at radius 2 is 1.58 bits per heavy atom. The number of phenols is 2. The predicted molar refractivity (Wildman–Crippen MR) is 77.6 cm³/mol. The molecule has 0 atom stereocenters. The molecule has 0 fully saturated rings. The Kier molecular flexibility index (Phi) is 4.45. The molecular weight excluding hydrogens is 236 g/mol. The molecule has 0 radical (unpaired) electrons. The summed E-state index contributed by atoms with van der Waals surface area (Å²) in [6.45, 7) is 2.15. The zero-order valence-corrected chi connectivity index (χ0v) is 11.3. The Labute approximate surface area is 114 Å². The minimum atomic E-state index is 0.290. The van der Waals surface area contributed by atoms with E-state index in [4.69, 9.17) is 0 Å². The first-order chi connectivity index (χ1) is 9.19. The normalized spacial score (nSPS) is 10.6. The second-order valence-corrected chi connectivity index (χ2v) is 4.91. The molecule has 100 valence electrons. The Balaban J connectivity index is 2.14. The molecule has 2 heteroatoms. The van der Waals surface area contributed by atoms with Gasteiger partial charge in [-0.05, 0) is 54.2 Å². The van der Waals surface area contributed by atoms with Crippen LogP contribution in [0.3, 0.4) is 0 Å². The lowest BCUT2D eigenvalue weighted by Gasteiger charge is -2.08. The van der Waals surface area contributed by atoms with Gasteiger partial charge < -0.3 is 10.2 Å².